The highest BCUT2D eigenvalue weighted by molar-refractivity contribution is 4.88. The van der Waals surface area contributed by atoms with Crippen molar-refractivity contribution in [2.24, 2.45) is 23.5 Å². The van der Waals surface area contributed by atoms with Crippen molar-refractivity contribution in [3.63, 3.8) is 0 Å². The Labute approximate surface area is 68.8 Å². The lowest BCUT2D eigenvalue weighted by molar-refractivity contribution is 0.151. The van der Waals surface area contributed by atoms with Gasteiger partial charge in [-0.3, -0.25) is 0 Å². The van der Waals surface area contributed by atoms with Crippen molar-refractivity contribution in [2.45, 2.75) is 39.3 Å². The number of rotatable bonds is 4. The minimum Gasteiger partial charge on any atom is -0.379 e. The first-order chi connectivity index (χ1) is 5.11. The molecule has 0 aromatic carbocycles. The predicted molar refractivity (Wildman–Crippen MR) is 45.9 cm³/mol. The van der Waals surface area contributed by atoms with Crippen LogP contribution in [0.4, 0.5) is 0 Å². The van der Waals surface area contributed by atoms with Crippen LogP contribution in [0.15, 0.2) is 0 Å². The average molecular weight is 157 g/mol. The van der Waals surface area contributed by atoms with Crippen molar-refractivity contribution < 1.29 is 5.11 Å². The molecule has 66 valence electrons. The molecule has 0 aromatic rings. The van der Waals surface area contributed by atoms with Gasteiger partial charge < -0.3 is 10.8 Å². The van der Waals surface area contributed by atoms with E-state index in [1.807, 2.05) is 0 Å². The van der Waals surface area contributed by atoms with Gasteiger partial charge in [0.2, 0.25) is 0 Å². The smallest absolute Gasteiger partial charge is 0.105 e. The van der Waals surface area contributed by atoms with Crippen molar-refractivity contribution in [1.29, 1.82) is 0 Å². The molecule has 0 saturated heterocycles. The lowest BCUT2D eigenvalue weighted by Gasteiger charge is -2.04. The van der Waals surface area contributed by atoms with Gasteiger partial charge in [0.05, 0.1) is 0 Å². The van der Waals surface area contributed by atoms with Gasteiger partial charge in [-0.2, -0.15) is 0 Å². The Balaban J connectivity index is 2.04. The second-order valence-electron chi connectivity index (χ2n) is 4.12. The second-order valence-corrected chi connectivity index (χ2v) is 4.12. The lowest BCUT2D eigenvalue weighted by atomic mass is 10.0. The number of aliphatic hydroxyl groups excluding tert-OH is 1. The maximum Gasteiger partial charge on any atom is 0.105 e. The predicted octanol–water partition coefficient (Wildman–Crippen LogP) is 1.34. The SMILES string of the molecule is CC(C)CCC1CC1C(N)O. The largest absolute Gasteiger partial charge is 0.379 e. The van der Waals surface area contributed by atoms with Crippen molar-refractivity contribution in [2.75, 3.05) is 0 Å². The minimum absolute atomic E-state index is 0.411. The molecule has 3 atom stereocenters. The molecule has 1 aliphatic carbocycles. The Morgan fingerprint density at radius 1 is 1.55 bits per heavy atom. The summed E-state index contributed by atoms with van der Waals surface area (Å²) in [6.45, 7) is 4.46. The summed E-state index contributed by atoms with van der Waals surface area (Å²) in [7, 11) is 0. The number of aliphatic hydroxyl groups is 1. The van der Waals surface area contributed by atoms with E-state index in [1.165, 1.54) is 12.8 Å². The van der Waals surface area contributed by atoms with Crippen LogP contribution in [0, 0.1) is 17.8 Å². The zero-order chi connectivity index (χ0) is 8.43. The third kappa shape index (κ3) is 2.80. The third-order valence-electron chi connectivity index (χ3n) is 2.53. The highest BCUT2D eigenvalue weighted by Crippen LogP contribution is 2.43. The van der Waals surface area contributed by atoms with Crippen LogP contribution in [0.2, 0.25) is 0 Å². The fraction of sp³-hybridized carbons (Fsp3) is 1.00. The molecular formula is C9H19NO. The average Bonchev–Trinajstić information content (AvgIpc) is 2.61. The van der Waals surface area contributed by atoms with Crippen LogP contribution in [-0.4, -0.2) is 11.3 Å². The first kappa shape index (κ1) is 9.01. The standard InChI is InChI=1S/C9H19NO/c1-6(2)3-4-7-5-8(7)9(10)11/h6-9,11H,3-5,10H2,1-2H3. The summed E-state index contributed by atoms with van der Waals surface area (Å²) in [5.74, 6) is 1.91. The van der Waals surface area contributed by atoms with E-state index < -0.39 is 6.23 Å². The van der Waals surface area contributed by atoms with Gasteiger partial charge in [0.25, 0.3) is 0 Å². The van der Waals surface area contributed by atoms with Crippen molar-refractivity contribution in [3.05, 3.63) is 0 Å². The first-order valence-corrected chi connectivity index (χ1v) is 4.55. The van der Waals surface area contributed by atoms with Crippen molar-refractivity contribution >= 4 is 0 Å². The Morgan fingerprint density at radius 3 is 2.55 bits per heavy atom. The number of hydrogen-bond donors (Lipinski definition) is 2. The molecule has 3 N–H and O–H groups in total. The topological polar surface area (TPSA) is 46.2 Å². The number of hydrogen-bond acceptors (Lipinski definition) is 2. The normalized spacial score (nSPS) is 32.5. The first-order valence-electron chi connectivity index (χ1n) is 4.55. The van der Waals surface area contributed by atoms with Crippen LogP contribution in [0.5, 0.6) is 0 Å². The van der Waals surface area contributed by atoms with E-state index in [9.17, 15) is 0 Å². The molecule has 3 unspecified atom stereocenters. The van der Waals surface area contributed by atoms with Crippen LogP contribution in [-0.2, 0) is 0 Å². The summed E-state index contributed by atoms with van der Waals surface area (Å²) in [6, 6.07) is 0. The van der Waals surface area contributed by atoms with Gasteiger partial charge >= 0.3 is 0 Å². The van der Waals surface area contributed by atoms with Gasteiger partial charge in [-0.15, -0.1) is 0 Å². The molecule has 11 heavy (non-hydrogen) atoms. The molecule has 0 heterocycles. The van der Waals surface area contributed by atoms with E-state index in [-0.39, 0.29) is 0 Å². The van der Waals surface area contributed by atoms with Gasteiger partial charge in [-0.25, -0.2) is 0 Å². The van der Waals surface area contributed by atoms with Gasteiger partial charge in [-0.05, 0) is 24.7 Å². The summed E-state index contributed by atoms with van der Waals surface area (Å²) >= 11 is 0. The third-order valence-corrected chi connectivity index (χ3v) is 2.53. The molecular weight excluding hydrogens is 138 g/mol. The summed E-state index contributed by atoms with van der Waals surface area (Å²) < 4.78 is 0. The van der Waals surface area contributed by atoms with Crippen molar-refractivity contribution in [3.8, 4) is 0 Å². The molecule has 0 spiro atoms. The van der Waals surface area contributed by atoms with E-state index in [0.29, 0.717) is 5.92 Å². The maximum absolute atomic E-state index is 9.01. The van der Waals surface area contributed by atoms with Gasteiger partial charge in [0.15, 0.2) is 0 Å². The highest BCUT2D eigenvalue weighted by Gasteiger charge is 2.40. The molecule has 1 fully saturated rings. The van der Waals surface area contributed by atoms with Crippen LogP contribution in [0.25, 0.3) is 0 Å². The molecule has 0 bridgehead atoms. The molecule has 2 heteroatoms. The Hall–Kier alpha value is -0.0800. The minimum atomic E-state index is -0.563. The molecule has 1 aliphatic rings. The summed E-state index contributed by atoms with van der Waals surface area (Å²) in [4.78, 5) is 0. The monoisotopic (exact) mass is 157 g/mol. The van der Waals surface area contributed by atoms with E-state index in [2.05, 4.69) is 13.8 Å². The van der Waals surface area contributed by atoms with Gasteiger partial charge in [0, 0.05) is 5.92 Å². The molecule has 0 aliphatic heterocycles. The molecule has 1 rings (SSSR count). The van der Waals surface area contributed by atoms with Crippen LogP contribution in [0.3, 0.4) is 0 Å². The van der Waals surface area contributed by atoms with E-state index in [1.54, 1.807) is 0 Å². The Kier molecular flexibility index (Phi) is 2.90. The summed E-state index contributed by atoms with van der Waals surface area (Å²) in [5.41, 5.74) is 5.35. The Morgan fingerprint density at radius 2 is 2.18 bits per heavy atom. The molecule has 0 amide bonds. The van der Waals surface area contributed by atoms with Crippen LogP contribution < -0.4 is 5.73 Å². The fourth-order valence-electron chi connectivity index (χ4n) is 1.57. The van der Waals surface area contributed by atoms with Crippen LogP contribution in [0.1, 0.15) is 33.1 Å². The quantitative estimate of drug-likeness (QED) is 0.605. The molecule has 2 nitrogen and oxygen atoms in total. The fourth-order valence-corrected chi connectivity index (χ4v) is 1.57. The number of nitrogens with two attached hydrogens (primary N) is 1. The second kappa shape index (κ2) is 3.55. The molecule has 0 radical (unpaired) electrons. The van der Waals surface area contributed by atoms with Crippen molar-refractivity contribution in [1.82, 2.24) is 0 Å². The van der Waals surface area contributed by atoms with Gasteiger partial charge in [0.1, 0.15) is 6.23 Å². The summed E-state index contributed by atoms with van der Waals surface area (Å²) in [6.07, 6.45) is 3.10. The summed E-state index contributed by atoms with van der Waals surface area (Å²) in [5, 5.41) is 9.01. The van der Waals surface area contributed by atoms with E-state index >= 15 is 0 Å². The molecule has 1 saturated carbocycles. The van der Waals surface area contributed by atoms with Gasteiger partial charge in [-0.1, -0.05) is 20.3 Å². The Bertz CT molecular complexity index is 123. The molecule has 0 aromatic heterocycles. The van der Waals surface area contributed by atoms with E-state index in [0.717, 1.165) is 18.3 Å². The highest BCUT2D eigenvalue weighted by atomic mass is 16.3. The zero-order valence-electron chi connectivity index (χ0n) is 7.46. The lowest BCUT2D eigenvalue weighted by Crippen LogP contribution is -2.22. The van der Waals surface area contributed by atoms with E-state index in [4.69, 9.17) is 10.8 Å². The zero-order valence-corrected chi connectivity index (χ0v) is 7.46. The maximum atomic E-state index is 9.01. The van der Waals surface area contributed by atoms with Crippen LogP contribution >= 0.6 is 0 Å².